The highest BCUT2D eigenvalue weighted by Crippen LogP contribution is 2.02. The zero-order chi connectivity index (χ0) is 13.5. The van der Waals surface area contributed by atoms with E-state index in [0.717, 1.165) is 0 Å². The Bertz CT molecular complexity index is 416. The predicted molar refractivity (Wildman–Crippen MR) is 67.0 cm³/mol. The van der Waals surface area contributed by atoms with Crippen molar-refractivity contribution < 1.29 is 14.0 Å². The van der Waals surface area contributed by atoms with E-state index in [9.17, 15) is 14.0 Å². The van der Waals surface area contributed by atoms with Crippen LogP contribution in [0.2, 0.25) is 0 Å². The number of rotatable bonds is 5. The molecule has 4 nitrogen and oxygen atoms in total. The van der Waals surface area contributed by atoms with Gasteiger partial charge in [-0.05, 0) is 30.2 Å². The van der Waals surface area contributed by atoms with Gasteiger partial charge in [0.1, 0.15) is 5.82 Å². The molecule has 0 fully saturated rings. The molecule has 5 heteroatoms. The third-order valence-corrected chi connectivity index (χ3v) is 2.25. The number of halogens is 1. The summed E-state index contributed by atoms with van der Waals surface area (Å²) in [5.74, 6) is -0.299. The zero-order valence-electron chi connectivity index (χ0n) is 10.5. The highest BCUT2D eigenvalue weighted by Gasteiger charge is 2.08. The van der Waals surface area contributed by atoms with Crippen molar-refractivity contribution >= 4 is 11.8 Å². The molecule has 0 aromatic heterocycles. The molecule has 0 aliphatic rings. The van der Waals surface area contributed by atoms with Crippen LogP contribution in [0, 0.1) is 11.7 Å². The Labute approximate surface area is 106 Å². The van der Waals surface area contributed by atoms with Crippen LogP contribution < -0.4 is 10.6 Å². The van der Waals surface area contributed by atoms with Gasteiger partial charge in [-0.2, -0.15) is 0 Å². The van der Waals surface area contributed by atoms with Crippen LogP contribution in [0.3, 0.4) is 0 Å². The summed E-state index contributed by atoms with van der Waals surface area (Å²) in [5, 5.41) is 5.09. The van der Waals surface area contributed by atoms with E-state index in [4.69, 9.17) is 0 Å². The molecule has 18 heavy (non-hydrogen) atoms. The molecule has 0 aliphatic carbocycles. The Morgan fingerprint density at radius 3 is 2.33 bits per heavy atom. The first-order valence-electron chi connectivity index (χ1n) is 5.79. The number of ketones is 1. The van der Waals surface area contributed by atoms with Crippen LogP contribution in [0.5, 0.6) is 0 Å². The quantitative estimate of drug-likeness (QED) is 0.787. The van der Waals surface area contributed by atoms with Crippen LogP contribution in [0.1, 0.15) is 24.2 Å². The van der Waals surface area contributed by atoms with E-state index in [1.807, 2.05) is 13.8 Å². The fourth-order valence-electron chi connectivity index (χ4n) is 1.26. The monoisotopic (exact) mass is 252 g/mol. The number of benzene rings is 1. The first-order valence-corrected chi connectivity index (χ1v) is 5.79. The molecule has 0 unspecified atom stereocenters. The highest BCUT2D eigenvalue weighted by atomic mass is 19.1. The molecule has 0 aliphatic heterocycles. The van der Waals surface area contributed by atoms with Crippen molar-refractivity contribution in [1.82, 2.24) is 10.6 Å². The Kier molecular flexibility index (Phi) is 5.30. The molecule has 1 aromatic carbocycles. The largest absolute Gasteiger partial charge is 0.338 e. The Balaban J connectivity index is 2.37. The van der Waals surface area contributed by atoms with Crippen molar-refractivity contribution in [2.75, 3.05) is 13.1 Å². The lowest BCUT2D eigenvalue weighted by Gasteiger charge is -2.08. The molecular formula is C13H17FN2O2. The van der Waals surface area contributed by atoms with Crippen molar-refractivity contribution in [3.8, 4) is 0 Å². The van der Waals surface area contributed by atoms with E-state index >= 15 is 0 Å². The highest BCUT2D eigenvalue weighted by molar-refractivity contribution is 5.99. The Morgan fingerprint density at radius 2 is 1.78 bits per heavy atom. The molecule has 0 saturated carbocycles. The van der Waals surface area contributed by atoms with Gasteiger partial charge in [0.05, 0.1) is 6.54 Å². The van der Waals surface area contributed by atoms with Gasteiger partial charge in [0, 0.05) is 12.1 Å². The van der Waals surface area contributed by atoms with Crippen LogP contribution in [0.4, 0.5) is 9.18 Å². The Morgan fingerprint density at radius 1 is 1.17 bits per heavy atom. The molecule has 0 atom stereocenters. The van der Waals surface area contributed by atoms with Crippen molar-refractivity contribution in [3.63, 3.8) is 0 Å². The number of carbonyl (C=O) groups is 2. The summed E-state index contributed by atoms with van der Waals surface area (Å²) >= 11 is 0. The van der Waals surface area contributed by atoms with Gasteiger partial charge in [0.15, 0.2) is 5.78 Å². The molecule has 1 aromatic rings. The molecule has 0 saturated heterocycles. The predicted octanol–water partition coefficient (Wildman–Crippen LogP) is 1.96. The van der Waals surface area contributed by atoms with E-state index < -0.39 is 5.82 Å². The maximum atomic E-state index is 12.6. The molecule has 98 valence electrons. The van der Waals surface area contributed by atoms with E-state index in [-0.39, 0.29) is 18.4 Å². The van der Waals surface area contributed by atoms with E-state index in [0.29, 0.717) is 18.0 Å². The Hall–Kier alpha value is -1.91. The van der Waals surface area contributed by atoms with Gasteiger partial charge < -0.3 is 10.6 Å². The van der Waals surface area contributed by atoms with E-state index in [1.54, 1.807) is 0 Å². The average molecular weight is 252 g/mol. The summed E-state index contributed by atoms with van der Waals surface area (Å²) in [6, 6.07) is 4.84. The molecular weight excluding hydrogens is 235 g/mol. The number of Topliss-reactive ketones (excluding diaryl/α,β-unsaturated/α-hetero) is 1. The normalized spacial score (nSPS) is 10.2. The SMILES string of the molecule is CC(C)CNC(=O)NCC(=O)c1ccc(F)cc1. The molecule has 1 rings (SSSR count). The third-order valence-electron chi connectivity index (χ3n) is 2.25. The summed E-state index contributed by atoms with van der Waals surface area (Å²) in [6.07, 6.45) is 0. The van der Waals surface area contributed by atoms with Crippen LogP contribution in [0.25, 0.3) is 0 Å². The number of hydrogen-bond acceptors (Lipinski definition) is 2. The zero-order valence-corrected chi connectivity index (χ0v) is 10.5. The van der Waals surface area contributed by atoms with Crippen molar-refractivity contribution in [3.05, 3.63) is 35.6 Å². The van der Waals surface area contributed by atoms with Crippen LogP contribution in [-0.4, -0.2) is 24.9 Å². The lowest BCUT2D eigenvalue weighted by Crippen LogP contribution is -2.39. The number of urea groups is 1. The lowest BCUT2D eigenvalue weighted by molar-refractivity contribution is 0.0992. The minimum absolute atomic E-state index is 0.102. The lowest BCUT2D eigenvalue weighted by atomic mass is 10.1. The molecule has 0 bridgehead atoms. The average Bonchev–Trinajstić information content (AvgIpc) is 2.34. The second-order valence-corrected chi connectivity index (χ2v) is 4.39. The van der Waals surface area contributed by atoms with Crippen molar-refractivity contribution in [2.24, 2.45) is 5.92 Å². The van der Waals surface area contributed by atoms with Gasteiger partial charge in [0.25, 0.3) is 0 Å². The minimum Gasteiger partial charge on any atom is -0.338 e. The molecule has 0 spiro atoms. The number of hydrogen-bond donors (Lipinski definition) is 2. The van der Waals surface area contributed by atoms with Gasteiger partial charge in [-0.3, -0.25) is 4.79 Å². The van der Waals surface area contributed by atoms with Gasteiger partial charge >= 0.3 is 6.03 Å². The third kappa shape index (κ3) is 4.95. The summed E-state index contributed by atoms with van der Waals surface area (Å²) in [4.78, 5) is 22.9. The molecule has 0 radical (unpaired) electrons. The smallest absolute Gasteiger partial charge is 0.315 e. The fraction of sp³-hybridized carbons (Fsp3) is 0.385. The van der Waals surface area contributed by atoms with Crippen LogP contribution >= 0.6 is 0 Å². The van der Waals surface area contributed by atoms with E-state index in [2.05, 4.69) is 10.6 Å². The van der Waals surface area contributed by atoms with E-state index in [1.165, 1.54) is 24.3 Å². The maximum Gasteiger partial charge on any atom is 0.315 e. The fourth-order valence-corrected chi connectivity index (χ4v) is 1.26. The van der Waals surface area contributed by atoms with Crippen molar-refractivity contribution in [2.45, 2.75) is 13.8 Å². The van der Waals surface area contributed by atoms with Gasteiger partial charge in [0.2, 0.25) is 0 Å². The van der Waals surface area contributed by atoms with Crippen LogP contribution in [0.15, 0.2) is 24.3 Å². The first-order chi connectivity index (χ1) is 8.49. The van der Waals surface area contributed by atoms with Crippen molar-refractivity contribution in [1.29, 1.82) is 0 Å². The van der Waals surface area contributed by atoms with Gasteiger partial charge in [-0.1, -0.05) is 13.8 Å². The van der Waals surface area contributed by atoms with Crippen LogP contribution in [-0.2, 0) is 0 Å². The second-order valence-electron chi connectivity index (χ2n) is 4.39. The maximum absolute atomic E-state index is 12.6. The van der Waals surface area contributed by atoms with Gasteiger partial charge in [-0.25, -0.2) is 9.18 Å². The summed E-state index contributed by atoms with van der Waals surface area (Å²) in [6.45, 7) is 4.40. The first kappa shape index (κ1) is 14.2. The molecule has 2 N–H and O–H groups in total. The standard InChI is InChI=1S/C13H17FN2O2/c1-9(2)7-15-13(18)16-8-12(17)10-3-5-11(14)6-4-10/h3-6,9H,7-8H2,1-2H3,(H2,15,16,18). The second kappa shape index (κ2) is 6.74. The number of amides is 2. The summed E-state index contributed by atoms with van der Waals surface area (Å²) in [7, 11) is 0. The number of nitrogens with one attached hydrogen (secondary N) is 2. The minimum atomic E-state index is -0.394. The summed E-state index contributed by atoms with van der Waals surface area (Å²) in [5.41, 5.74) is 0.376. The molecule has 0 heterocycles. The topological polar surface area (TPSA) is 58.2 Å². The number of carbonyl (C=O) groups excluding carboxylic acids is 2. The van der Waals surface area contributed by atoms with Gasteiger partial charge in [-0.15, -0.1) is 0 Å². The molecule has 2 amide bonds. The summed E-state index contributed by atoms with van der Waals surface area (Å²) < 4.78 is 12.6.